The molecule has 1 heterocycles. The van der Waals surface area contributed by atoms with Gasteiger partial charge in [0.15, 0.2) is 5.17 Å². The molecule has 0 spiro atoms. The molecule has 138 valence electrons. The average Bonchev–Trinajstić information content (AvgIpc) is 2.89. The molecule has 0 fully saturated rings. The van der Waals surface area contributed by atoms with Crippen LogP contribution in [-0.4, -0.2) is 25.2 Å². The van der Waals surface area contributed by atoms with Crippen molar-refractivity contribution in [3.8, 4) is 5.75 Å². The summed E-state index contributed by atoms with van der Waals surface area (Å²) in [7, 11) is -5.07. The molecule has 0 saturated heterocycles. The Labute approximate surface area is 153 Å². The van der Waals surface area contributed by atoms with Gasteiger partial charge in [-0.3, -0.25) is 0 Å². The molecule has 1 aliphatic rings. The van der Waals surface area contributed by atoms with Gasteiger partial charge in [0.1, 0.15) is 11.6 Å². The van der Waals surface area contributed by atoms with E-state index in [4.69, 9.17) is 10.5 Å². The molecule has 0 radical (unpaired) electrons. The molecule has 0 amide bonds. The Hall–Kier alpha value is -2.49. The van der Waals surface area contributed by atoms with Gasteiger partial charge in [0.05, 0.1) is 12.0 Å². The van der Waals surface area contributed by atoms with Gasteiger partial charge in [-0.25, -0.2) is 0 Å². The summed E-state index contributed by atoms with van der Waals surface area (Å²) >= 11 is 0. The van der Waals surface area contributed by atoms with Gasteiger partial charge in [-0.05, 0) is 29.8 Å². The highest BCUT2D eigenvalue weighted by Crippen LogP contribution is 2.53. The van der Waals surface area contributed by atoms with E-state index in [1.54, 1.807) is 49.6 Å². The number of rotatable bonds is 5. The zero-order valence-electron chi connectivity index (χ0n) is 14.0. The smallest absolute Gasteiger partial charge is 0.284 e. The number of hydrogen-bond acceptors (Lipinski definition) is 5. The Bertz CT molecular complexity index is 957. The highest BCUT2D eigenvalue weighted by atomic mass is 32.3. The lowest BCUT2D eigenvalue weighted by molar-refractivity contribution is 0.414. The zero-order valence-corrected chi connectivity index (χ0v) is 15.6. The van der Waals surface area contributed by atoms with Crippen LogP contribution in [0.5, 0.6) is 5.75 Å². The van der Waals surface area contributed by atoms with Crippen LogP contribution in [0.25, 0.3) is 0 Å². The number of nitrogens with zero attached hydrogens (tertiary/aromatic N) is 1. The molecule has 1 aliphatic heterocycles. The van der Waals surface area contributed by atoms with Gasteiger partial charge < -0.3 is 20.3 Å². The highest BCUT2D eigenvalue weighted by molar-refractivity contribution is 8.43. The van der Waals surface area contributed by atoms with Crippen molar-refractivity contribution in [3.63, 3.8) is 0 Å². The van der Waals surface area contributed by atoms with Crippen LogP contribution in [0, 0.1) is 0 Å². The Kier molecular flexibility index (Phi) is 4.94. The standard InChI is InChI=1S/C17H19N3O4S2/c1-24-14-9-7-13(8-10-14)11-25(21)12-16(18)19-17(25)20-26(22,23)15-5-3-2-4-6-15/h2-10,12,21H,11,18H2,1H3,(H,19,20). The van der Waals surface area contributed by atoms with Crippen LogP contribution in [0.1, 0.15) is 5.56 Å². The lowest BCUT2D eigenvalue weighted by Gasteiger charge is -2.26. The fraction of sp³-hybridized carbons (Fsp3) is 0.118. The predicted octanol–water partition coefficient (Wildman–Crippen LogP) is 2.58. The Morgan fingerprint density at radius 3 is 2.42 bits per heavy atom. The topological polar surface area (TPSA) is 114 Å². The molecule has 0 aliphatic carbocycles. The second-order valence-corrected chi connectivity index (χ2v) is 9.65. The van der Waals surface area contributed by atoms with E-state index in [0.29, 0.717) is 5.75 Å². The predicted molar refractivity (Wildman–Crippen MR) is 103 cm³/mol. The van der Waals surface area contributed by atoms with Crippen molar-refractivity contribution in [1.29, 1.82) is 0 Å². The van der Waals surface area contributed by atoms with Gasteiger partial charge in [0.25, 0.3) is 10.0 Å². The molecule has 1 unspecified atom stereocenters. The molecule has 4 N–H and O–H groups in total. The summed E-state index contributed by atoms with van der Waals surface area (Å²) in [5, 5.41) is 4.08. The SMILES string of the molecule is COc1ccc(CS2(O)C=C(N)N/C2=N\S(=O)(=O)c2ccccc2)cc1. The first-order valence-corrected chi connectivity index (χ1v) is 10.9. The summed E-state index contributed by atoms with van der Waals surface area (Å²) in [5.74, 6) is 1.06. The summed E-state index contributed by atoms with van der Waals surface area (Å²) in [6, 6.07) is 15.0. The van der Waals surface area contributed by atoms with Gasteiger partial charge in [0.2, 0.25) is 0 Å². The summed E-state index contributed by atoms with van der Waals surface area (Å²) in [6.45, 7) is 0. The van der Waals surface area contributed by atoms with Gasteiger partial charge in [-0.15, -0.1) is 4.40 Å². The summed E-state index contributed by atoms with van der Waals surface area (Å²) < 4.78 is 45.0. The molecule has 2 aromatic carbocycles. The van der Waals surface area contributed by atoms with Crippen molar-refractivity contribution in [2.24, 2.45) is 10.1 Å². The number of amidine groups is 1. The summed E-state index contributed by atoms with van der Waals surface area (Å²) in [6.07, 6.45) is 0. The second-order valence-electron chi connectivity index (χ2n) is 5.63. The minimum Gasteiger partial charge on any atom is -0.497 e. The third-order valence-corrected chi connectivity index (χ3v) is 7.38. The quantitative estimate of drug-likeness (QED) is 0.719. The first-order valence-electron chi connectivity index (χ1n) is 7.63. The van der Waals surface area contributed by atoms with Crippen LogP contribution in [0.3, 0.4) is 0 Å². The molecule has 26 heavy (non-hydrogen) atoms. The van der Waals surface area contributed by atoms with Gasteiger partial charge in [-0.2, -0.15) is 8.42 Å². The van der Waals surface area contributed by atoms with Gasteiger partial charge in [0, 0.05) is 11.2 Å². The summed E-state index contributed by atoms with van der Waals surface area (Å²) in [4.78, 5) is 0.0472. The van der Waals surface area contributed by atoms with E-state index in [2.05, 4.69) is 9.71 Å². The van der Waals surface area contributed by atoms with Crippen molar-refractivity contribution < 1.29 is 17.7 Å². The molecule has 2 aromatic rings. The van der Waals surface area contributed by atoms with Crippen molar-refractivity contribution in [2.75, 3.05) is 7.11 Å². The average molecular weight is 393 g/mol. The molecule has 9 heteroatoms. The zero-order chi connectivity index (χ0) is 18.8. The van der Waals surface area contributed by atoms with E-state index >= 15 is 0 Å². The maximum atomic E-state index is 12.5. The van der Waals surface area contributed by atoms with E-state index in [1.807, 2.05) is 0 Å². The number of ether oxygens (including phenoxy) is 1. The van der Waals surface area contributed by atoms with Crippen LogP contribution in [-0.2, 0) is 15.8 Å². The van der Waals surface area contributed by atoms with E-state index < -0.39 is 20.3 Å². The largest absolute Gasteiger partial charge is 0.497 e. The van der Waals surface area contributed by atoms with Crippen LogP contribution in [0.15, 0.2) is 75.1 Å². The van der Waals surface area contributed by atoms with E-state index in [-0.39, 0.29) is 21.6 Å². The third kappa shape index (κ3) is 3.85. The first-order chi connectivity index (χ1) is 12.3. The lowest BCUT2D eigenvalue weighted by Crippen LogP contribution is -2.25. The fourth-order valence-corrected chi connectivity index (χ4v) is 5.92. The summed E-state index contributed by atoms with van der Waals surface area (Å²) in [5.41, 5.74) is 6.58. The maximum Gasteiger partial charge on any atom is 0.284 e. The fourth-order valence-electron chi connectivity index (χ4n) is 2.43. The van der Waals surface area contributed by atoms with Crippen molar-refractivity contribution in [2.45, 2.75) is 10.6 Å². The monoisotopic (exact) mass is 393 g/mol. The highest BCUT2D eigenvalue weighted by Gasteiger charge is 2.34. The number of benzene rings is 2. The van der Waals surface area contributed by atoms with Crippen LogP contribution in [0.2, 0.25) is 0 Å². The number of nitrogens with two attached hydrogens (primary N) is 1. The molecule has 0 bridgehead atoms. The molecule has 0 aromatic heterocycles. The number of hydrogen-bond donors (Lipinski definition) is 3. The normalized spacial score (nSPS) is 23.8. The number of sulfonamides is 1. The van der Waals surface area contributed by atoms with Crippen molar-refractivity contribution in [1.82, 2.24) is 5.32 Å². The number of nitrogens with one attached hydrogen (secondary N) is 1. The molecular weight excluding hydrogens is 374 g/mol. The molecule has 3 rings (SSSR count). The van der Waals surface area contributed by atoms with Crippen molar-refractivity contribution >= 4 is 25.5 Å². The van der Waals surface area contributed by atoms with Crippen LogP contribution < -0.4 is 15.8 Å². The lowest BCUT2D eigenvalue weighted by atomic mass is 10.2. The van der Waals surface area contributed by atoms with Crippen molar-refractivity contribution in [3.05, 3.63) is 71.4 Å². The van der Waals surface area contributed by atoms with E-state index in [1.165, 1.54) is 17.5 Å². The second kappa shape index (κ2) is 7.02. The molecular formula is C17H19N3O4S2. The Balaban J connectivity index is 1.93. The number of methoxy groups -OCH3 is 1. The minimum absolute atomic E-state index is 0.0466. The molecule has 7 nitrogen and oxygen atoms in total. The Morgan fingerprint density at radius 2 is 1.81 bits per heavy atom. The first kappa shape index (κ1) is 18.3. The van der Waals surface area contributed by atoms with Gasteiger partial charge >= 0.3 is 0 Å². The minimum atomic E-state index is -3.96. The van der Waals surface area contributed by atoms with E-state index in [0.717, 1.165) is 5.56 Å². The van der Waals surface area contributed by atoms with Crippen LogP contribution >= 0.6 is 10.3 Å². The van der Waals surface area contributed by atoms with Crippen LogP contribution in [0.4, 0.5) is 0 Å². The third-order valence-electron chi connectivity index (χ3n) is 3.70. The maximum absolute atomic E-state index is 12.5. The van der Waals surface area contributed by atoms with E-state index in [9.17, 15) is 13.0 Å². The van der Waals surface area contributed by atoms with Gasteiger partial charge in [-0.1, -0.05) is 40.6 Å². The molecule has 1 atom stereocenters. The molecule has 0 saturated carbocycles. The Morgan fingerprint density at radius 1 is 1.15 bits per heavy atom.